The average Bonchev–Trinajstić information content (AvgIpc) is 2.41. The SMILES string of the molecule is CCCOC1CCCN(Cc2ccc(F)c(Br)c2)C1. The van der Waals surface area contributed by atoms with Crippen LogP contribution in [0.4, 0.5) is 4.39 Å². The van der Waals surface area contributed by atoms with Gasteiger partial charge in [-0.25, -0.2) is 4.39 Å². The number of nitrogens with zero attached hydrogens (tertiary/aromatic N) is 1. The van der Waals surface area contributed by atoms with Gasteiger partial charge in [-0.05, 0) is 59.4 Å². The summed E-state index contributed by atoms with van der Waals surface area (Å²) in [5.74, 6) is -0.202. The summed E-state index contributed by atoms with van der Waals surface area (Å²) in [6, 6.07) is 5.25. The predicted octanol–water partition coefficient (Wildman–Crippen LogP) is 3.98. The molecule has 19 heavy (non-hydrogen) atoms. The lowest BCUT2D eigenvalue weighted by Gasteiger charge is -2.32. The van der Waals surface area contributed by atoms with E-state index in [4.69, 9.17) is 4.74 Å². The number of ether oxygens (including phenoxy) is 1. The minimum absolute atomic E-state index is 0.202. The Kier molecular flexibility index (Phi) is 5.79. The fraction of sp³-hybridized carbons (Fsp3) is 0.600. The summed E-state index contributed by atoms with van der Waals surface area (Å²) in [5.41, 5.74) is 1.14. The van der Waals surface area contributed by atoms with Crippen LogP contribution in [0.15, 0.2) is 22.7 Å². The van der Waals surface area contributed by atoms with Crippen LogP contribution in [-0.4, -0.2) is 30.7 Å². The van der Waals surface area contributed by atoms with Crippen LogP contribution >= 0.6 is 15.9 Å². The van der Waals surface area contributed by atoms with Crippen molar-refractivity contribution in [2.75, 3.05) is 19.7 Å². The first kappa shape index (κ1) is 14.9. The standard InChI is InChI=1S/C15H21BrFNO/c1-2-8-19-13-4-3-7-18(11-13)10-12-5-6-15(17)14(16)9-12/h5-6,9,13H,2-4,7-8,10-11H2,1H3. The van der Waals surface area contributed by atoms with Crippen molar-refractivity contribution in [3.8, 4) is 0 Å². The van der Waals surface area contributed by atoms with Gasteiger partial charge in [0, 0.05) is 19.7 Å². The molecule has 0 aromatic heterocycles. The van der Waals surface area contributed by atoms with Crippen LogP contribution in [0.1, 0.15) is 31.7 Å². The van der Waals surface area contributed by atoms with Gasteiger partial charge >= 0.3 is 0 Å². The van der Waals surface area contributed by atoms with Crippen LogP contribution in [-0.2, 0) is 11.3 Å². The molecule has 0 radical (unpaired) electrons. The van der Waals surface area contributed by atoms with Gasteiger partial charge in [0.05, 0.1) is 10.6 Å². The molecule has 1 aromatic carbocycles. The second kappa shape index (κ2) is 7.36. The van der Waals surface area contributed by atoms with Crippen LogP contribution < -0.4 is 0 Å². The van der Waals surface area contributed by atoms with Crippen LogP contribution in [0.2, 0.25) is 0 Å². The van der Waals surface area contributed by atoms with Gasteiger partial charge in [-0.3, -0.25) is 4.90 Å². The van der Waals surface area contributed by atoms with E-state index in [2.05, 4.69) is 27.8 Å². The highest BCUT2D eigenvalue weighted by Gasteiger charge is 2.20. The Morgan fingerprint density at radius 3 is 3.05 bits per heavy atom. The molecule has 0 saturated carbocycles. The predicted molar refractivity (Wildman–Crippen MR) is 78.6 cm³/mol. The van der Waals surface area contributed by atoms with Crippen LogP contribution in [0.5, 0.6) is 0 Å². The Balaban J connectivity index is 1.89. The van der Waals surface area contributed by atoms with Crippen molar-refractivity contribution in [1.82, 2.24) is 4.90 Å². The highest BCUT2D eigenvalue weighted by atomic mass is 79.9. The zero-order valence-corrected chi connectivity index (χ0v) is 13.0. The molecule has 1 saturated heterocycles. The van der Waals surface area contributed by atoms with Gasteiger partial charge in [0.25, 0.3) is 0 Å². The third-order valence-electron chi connectivity index (χ3n) is 3.41. The van der Waals surface area contributed by atoms with E-state index in [1.807, 2.05) is 12.1 Å². The van der Waals surface area contributed by atoms with Crippen LogP contribution in [0.3, 0.4) is 0 Å². The Bertz CT molecular complexity index is 413. The van der Waals surface area contributed by atoms with E-state index in [1.165, 1.54) is 12.5 Å². The van der Waals surface area contributed by atoms with Crippen LogP contribution in [0.25, 0.3) is 0 Å². The maximum absolute atomic E-state index is 13.2. The largest absolute Gasteiger partial charge is 0.377 e. The lowest BCUT2D eigenvalue weighted by atomic mass is 10.1. The fourth-order valence-corrected chi connectivity index (χ4v) is 2.90. The summed E-state index contributed by atoms with van der Waals surface area (Å²) >= 11 is 3.24. The van der Waals surface area contributed by atoms with Crippen molar-refractivity contribution in [2.24, 2.45) is 0 Å². The summed E-state index contributed by atoms with van der Waals surface area (Å²) in [4.78, 5) is 2.39. The molecular weight excluding hydrogens is 309 g/mol. The van der Waals surface area contributed by atoms with Crippen molar-refractivity contribution in [3.05, 3.63) is 34.1 Å². The number of halogens is 2. The molecule has 1 aliphatic rings. The molecule has 0 N–H and O–H groups in total. The number of rotatable bonds is 5. The summed E-state index contributed by atoms with van der Waals surface area (Å²) in [5, 5.41) is 0. The van der Waals surface area contributed by atoms with E-state index < -0.39 is 0 Å². The Hall–Kier alpha value is -0.450. The van der Waals surface area contributed by atoms with Gasteiger partial charge in [-0.2, -0.15) is 0 Å². The Morgan fingerprint density at radius 2 is 2.32 bits per heavy atom. The average molecular weight is 330 g/mol. The second-order valence-electron chi connectivity index (χ2n) is 5.12. The van der Waals surface area contributed by atoms with Crippen molar-refractivity contribution in [2.45, 2.75) is 38.8 Å². The van der Waals surface area contributed by atoms with E-state index in [0.717, 1.165) is 44.6 Å². The molecule has 1 heterocycles. The Labute approximate surface area is 123 Å². The van der Waals surface area contributed by atoms with Crippen molar-refractivity contribution in [3.63, 3.8) is 0 Å². The fourth-order valence-electron chi connectivity index (χ4n) is 2.47. The number of piperidine rings is 1. The van der Waals surface area contributed by atoms with Crippen molar-refractivity contribution in [1.29, 1.82) is 0 Å². The summed E-state index contributed by atoms with van der Waals surface area (Å²) < 4.78 is 19.6. The Morgan fingerprint density at radius 1 is 1.47 bits per heavy atom. The van der Waals surface area contributed by atoms with E-state index in [0.29, 0.717) is 10.6 Å². The minimum atomic E-state index is -0.202. The van der Waals surface area contributed by atoms with Gasteiger partial charge in [0.15, 0.2) is 0 Å². The lowest BCUT2D eigenvalue weighted by molar-refractivity contribution is -0.00223. The van der Waals surface area contributed by atoms with Crippen molar-refractivity contribution >= 4 is 15.9 Å². The third kappa shape index (κ3) is 4.55. The molecule has 1 atom stereocenters. The quantitative estimate of drug-likeness (QED) is 0.810. The van der Waals surface area contributed by atoms with E-state index in [9.17, 15) is 4.39 Å². The highest BCUT2D eigenvalue weighted by molar-refractivity contribution is 9.10. The van der Waals surface area contributed by atoms with Crippen LogP contribution in [0, 0.1) is 5.82 Å². The van der Waals surface area contributed by atoms with Gasteiger partial charge < -0.3 is 4.74 Å². The molecule has 1 unspecified atom stereocenters. The molecule has 2 nitrogen and oxygen atoms in total. The minimum Gasteiger partial charge on any atom is -0.377 e. The molecule has 1 aromatic rings. The van der Waals surface area contributed by atoms with E-state index >= 15 is 0 Å². The first-order chi connectivity index (χ1) is 9.19. The maximum atomic E-state index is 13.2. The first-order valence-corrected chi connectivity index (χ1v) is 7.76. The molecule has 0 amide bonds. The molecule has 2 rings (SSSR count). The van der Waals surface area contributed by atoms with Gasteiger partial charge in [0.1, 0.15) is 5.82 Å². The maximum Gasteiger partial charge on any atom is 0.137 e. The monoisotopic (exact) mass is 329 g/mol. The van der Waals surface area contributed by atoms with E-state index in [-0.39, 0.29) is 5.82 Å². The van der Waals surface area contributed by atoms with Gasteiger partial charge in [-0.1, -0.05) is 13.0 Å². The number of hydrogen-bond donors (Lipinski definition) is 0. The smallest absolute Gasteiger partial charge is 0.137 e. The van der Waals surface area contributed by atoms with Gasteiger partial charge in [0.2, 0.25) is 0 Å². The van der Waals surface area contributed by atoms with Crippen molar-refractivity contribution < 1.29 is 9.13 Å². The third-order valence-corrected chi connectivity index (χ3v) is 4.02. The molecular formula is C15H21BrFNO. The molecule has 0 spiro atoms. The summed E-state index contributed by atoms with van der Waals surface area (Å²) in [6.45, 7) is 5.93. The molecule has 0 bridgehead atoms. The first-order valence-electron chi connectivity index (χ1n) is 6.97. The normalized spacial score (nSPS) is 20.7. The lowest BCUT2D eigenvalue weighted by Crippen LogP contribution is -2.39. The number of benzene rings is 1. The summed E-state index contributed by atoms with van der Waals surface area (Å²) in [6.07, 6.45) is 3.76. The molecule has 4 heteroatoms. The highest BCUT2D eigenvalue weighted by Crippen LogP contribution is 2.20. The molecule has 106 valence electrons. The summed E-state index contributed by atoms with van der Waals surface area (Å²) in [7, 11) is 0. The molecule has 0 aliphatic carbocycles. The van der Waals surface area contributed by atoms with E-state index in [1.54, 1.807) is 0 Å². The zero-order valence-electron chi connectivity index (χ0n) is 11.4. The number of hydrogen-bond acceptors (Lipinski definition) is 2. The second-order valence-corrected chi connectivity index (χ2v) is 5.97. The molecule has 1 fully saturated rings. The van der Waals surface area contributed by atoms with Gasteiger partial charge in [-0.15, -0.1) is 0 Å². The number of likely N-dealkylation sites (tertiary alicyclic amines) is 1. The molecule has 1 aliphatic heterocycles. The topological polar surface area (TPSA) is 12.5 Å². The zero-order chi connectivity index (χ0) is 13.7.